The Kier molecular flexibility index (Phi) is 5.04. The molecular weight excluding hydrogens is 343 g/mol. The molecule has 0 spiro atoms. The van der Waals surface area contributed by atoms with Gasteiger partial charge in [-0.3, -0.25) is 4.79 Å². The van der Waals surface area contributed by atoms with E-state index in [1.807, 2.05) is 48.5 Å². The van der Waals surface area contributed by atoms with E-state index >= 15 is 0 Å². The van der Waals surface area contributed by atoms with Crippen LogP contribution in [0.2, 0.25) is 10.0 Å². The molecule has 3 aromatic carbocycles. The zero-order chi connectivity index (χ0) is 16.9. The highest BCUT2D eigenvalue weighted by Crippen LogP contribution is 2.26. The van der Waals surface area contributed by atoms with Crippen molar-refractivity contribution in [1.82, 2.24) is 0 Å². The molecule has 0 heterocycles. The molecule has 3 aromatic rings. The molecular formula is C19H14Cl2N2O. The highest BCUT2D eigenvalue weighted by Gasteiger charge is 2.12. The lowest BCUT2D eigenvalue weighted by atomic mass is 10.1. The normalized spacial score (nSPS) is 10.2. The number of halogens is 2. The van der Waals surface area contributed by atoms with E-state index in [0.29, 0.717) is 21.3 Å². The van der Waals surface area contributed by atoms with Gasteiger partial charge in [-0.1, -0.05) is 53.5 Å². The van der Waals surface area contributed by atoms with Gasteiger partial charge in [0.1, 0.15) is 0 Å². The fourth-order valence-electron chi connectivity index (χ4n) is 2.24. The zero-order valence-corrected chi connectivity index (χ0v) is 14.1. The van der Waals surface area contributed by atoms with Crippen LogP contribution in [0.15, 0.2) is 72.8 Å². The fraction of sp³-hybridized carbons (Fsp3) is 0. The molecule has 0 unspecified atom stereocenters. The molecule has 3 nitrogen and oxygen atoms in total. The lowest BCUT2D eigenvalue weighted by Gasteiger charge is -2.12. The van der Waals surface area contributed by atoms with Gasteiger partial charge in [-0.2, -0.15) is 0 Å². The number of nitrogens with one attached hydrogen (secondary N) is 2. The van der Waals surface area contributed by atoms with Crippen LogP contribution in [0.5, 0.6) is 0 Å². The van der Waals surface area contributed by atoms with Crippen molar-refractivity contribution in [3.05, 3.63) is 88.4 Å². The van der Waals surface area contributed by atoms with Gasteiger partial charge in [0.05, 0.1) is 21.3 Å². The summed E-state index contributed by atoms with van der Waals surface area (Å²) in [6, 6.07) is 22.0. The van der Waals surface area contributed by atoms with Gasteiger partial charge in [0.2, 0.25) is 0 Å². The summed E-state index contributed by atoms with van der Waals surface area (Å²) < 4.78 is 0. The summed E-state index contributed by atoms with van der Waals surface area (Å²) in [7, 11) is 0. The first-order valence-corrected chi connectivity index (χ1v) is 8.06. The van der Waals surface area contributed by atoms with E-state index in [4.69, 9.17) is 23.2 Å². The van der Waals surface area contributed by atoms with Crippen LogP contribution in [0.1, 0.15) is 10.4 Å². The molecule has 0 bridgehead atoms. The van der Waals surface area contributed by atoms with Crippen LogP contribution in [0, 0.1) is 0 Å². The van der Waals surface area contributed by atoms with Gasteiger partial charge in [0.25, 0.3) is 5.91 Å². The molecule has 5 heteroatoms. The summed E-state index contributed by atoms with van der Waals surface area (Å²) in [5.74, 6) is -0.229. The third kappa shape index (κ3) is 3.88. The summed E-state index contributed by atoms with van der Waals surface area (Å²) >= 11 is 11.9. The van der Waals surface area contributed by atoms with Gasteiger partial charge in [0.15, 0.2) is 0 Å². The largest absolute Gasteiger partial charge is 0.355 e. The minimum Gasteiger partial charge on any atom is -0.355 e. The maximum Gasteiger partial charge on any atom is 0.257 e. The predicted octanol–water partition coefficient (Wildman–Crippen LogP) is 5.99. The molecule has 0 saturated carbocycles. The Balaban J connectivity index is 1.83. The first-order chi connectivity index (χ1) is 11.6. The van der Waals surface area contributed by atoms with E-state index in [-0.39, 0.29) is 5.91 Å². The van der Waals surface area contributed by atoms with Crippen LogP contribution in [0.4, 0.5) is 17.1 Å². The van der Waals surface area contributed by atoms with E-state index in [1.165, 1.54) is 0 Å². The molecule has 120 valence electrons. The molecule has 0 aromatic heterocycles. The topological polar surface area (TPSA) is 41.1 Å². The number of carbonyl (C=O) groups excluding carboxylic acids is 1. The third-order valence-corrected chi connectivity index (χ3v) is 4.14. The smallest absolute Gasteiger partial charge is 0.257 e. The van der Waals surface area contributed by atoms with E-state index in [2.05, 4.69) is 10.6 Å². The van der Waals surface area contributed by atoms with Crippen molar-refractivity contribution >= 4 is 46.2 Å². The van der Waals surface area contributed by atoms with Crippen LogP contribution >= 0.6 is 23.2 Å². The maximum absolute atomic E-state index is 12.6. The van der Waals surface area contributed by atoms with Crippen molar-refractivity contribution in [3.8, 4) is 0 Å². The highest BCUT2D eigenvalue weighted by atomic mass is 35.5. The van der Waals surface area contributed by atoms with Gasteiger partial charge in [-0.25, -0.2) is 0 Å². The SMILES string of the molecule is O=C(Nc1ccc(Cl)c(Cl)c1)c1ccccc1Nc1ccccc1. The van der Waals surface area contributed by atoms with Gasteiger partial charge < -0.3 is 10.6 Å². The van der Waals surface area contributed by atoms with Crippen molar-refractivity contribution in [1.29, 1.82) is 0 Å². The van der Waals surface area contributed by atoms with Crippen molar-refractivity contribution in [2.45, 2.75) is 0 Å². The molecule has 0 atom stereocenters. The van der Waals surface area contributed by atoms with Gasteiger partial charge in [-0.05, 0) is 42.5 Å². The van der Waals surface area contributed by atoms with Crippen LogP contribution in [-0.2, 0) is 0 Å². The number of benzene rings is 3. The number of anilines is 3. The summed E-state index contributed by atoms with van der Waals surface area (Å²) in [4.78, 5) is 12.6. The summed E-state index contributed by atoms with van der Waals surface area (Å²) in [5, 5.41) is 6.92. The van der Waals surface area contributed by atoms with Crippen molar-refractivity contribution < 1.29 is 4.79 Å². The summed E-state index contributed by atoms with van der Waals surface area (Å²) in [6.07, 6.45) is 0. The van der Waals surface area contributed by atoms with Gasteiger partial charge in [0, 0.05) is 11.4 Å². The molecule has 0 saturated heterocycles. The first kappa shape index (κ1) is 16.4. The molecule has 0 fully saturated rings. The quantitative estimate of drug-likeness (QED) is 0.602. The lowest BCUT2D eigenvalue weighted by molar-refractivity contribution is 0.102. The number of amides is 1. The second-order valence-corrected chi connectivity index (χ2v) is 5.93. The minimum absolute atomic E-state index is 0.229. The monoisotopic (exact) mass is 356 g/mol. The molecule has 2 N–H and O–H groups in total. The third-order valence-electron chi connectivity index (χ3n) is 3.40. The first-order valence-electron chi connectivity index (χ1n) is 7.31. The molecule has 3 rings (SSSR count). The van der Waals surface area contributed by atoms with Crippen LogP contribution in [-0.4, -0.2) is 5.91 Å². The molecule has 0 aliphatic heterocycles. The Bertz CT molecular complexity index is 866. The molecule has 24 heavy (non-hydrogen) atoms. The molecule has 0 aliphatic carbocycles. The van der Waals surface area contributed by atoms with Crippen molar-refractivity contribution in [2.75, 3.05) is 10.6 Å². The Morgan fingerprint density at radius 3 is 2.21 bits per heavy atom. The molecule has 1 amide bonds. The number of rotatable bonds is 4. The summed E-state index contributed by atoms with van der Waals surface area (Å²) in [6.45, 7) is 0. The van der Waals surface area contributed by atoms with Crippen LogP contribution < -0.4 is 10.6 Å². The number of carbonyl (C=O) groups is 1. The van der Waals surface area contributed by atoms with Crippen molar-refractivity contribution in [3.63, 3.8) is 0 Å². The molecule has 0 radical (unpaired) electrons. The standard InChI is InChI=1S/C19H14Cl2N2O/c20-16-11-10-14(12-17(16)21)23-19(24)15-8-4-5-9-18(15)22-13-6-2-1-3-7-13/h1-12,22H,(H,23,24). The number of hydrogen-bond donors (Lipinski definition) is 2. The van der Waals surface area contributed by atoms with E-state index in [9.17, 15) is 4.79 Å². The van der Waals surface area contributed by atoms with Gasteiger partial charge >= 0.3 is 0 Å². The average molecular weight is 357 g/mol. The van der Waals surface area contributed by atoms with Crippen LogP contribution in [0.3, 0.4) is 0 Å². The Labute approximate surface area is 150 Å². The van der Waals surface area contributed by atoms with Gasteiger partial charge in [-0.15, -0.1) is 0 Å². The lowest BCUT2D eigenvalue weighted by Crippen LogP contribution is -2.13. The second kappa shape index (κ2) is 7.39. The highest BCUT2D eigenvalue weighted by molar-refractivity contribution is 6.42. The maximum atomic E-state index is 12.6. The number of para-hydroxylation sites is 2. The Hall–Kier alpha value is -2.49. The van der Waals surface area contributed by atoms with Crippen LogP contribution in [0.25, 0.3) is 0 Å². The van der Waals surface area contributed by atoms with E-state index in [1.54, 1.807) is 24.3 Å². The van der Waals surface area contributed by atoms with Crippen molar-refractivity contribution in [2.24, 2.45) is 0 Å². The predicted molar refractivity (Wildman–Crippen MR) is 101 cm³/mol. The number of hydrogen-bond acceptors (Lipinski definition) is 2. The average Bonchev–Trinajstić information content (AvgIpc) is 2.59. The Morgan fingerprint density at radius 1 is 0.750 bits per heavy atom. The second-order valence-electron chi connectivity index (χ2n) is 5.12. The molecule has 0 aliphatic rings. The zero-order valence-electron chi connectivity index (χ0n) is 12.6. The van der Waals surface area contributed by atoms with E-state index < -0.39 is 0 Å². The Morgan fingerprint density at radius 2 is 1.46 bits per heavy atom. The fourth-order valence-corrected chi connectivity index (χ4v) is 2.54. The van der Waals surface area contributed by atoms with E-state index in [0.717, 1.165) is 11.4 Å². The minimum atomic E-state index is -0.229. The summed E-state index contributed by atoms with van der Waals surface area (Å²) in [5.41, 5.74) is 2.75.